The van der Waals surface area contributed by atoms with E-state index in [4.69, 9.17) is 0 Å². The Bertz CT molecular complexity index is 766. The van der Waals surface area contributed by atoms with Crippen LogP contribution in [0.15, 0.2) is 11.6 Å². The van der Waals surface area contributed by atoms with Gasteiger partial charge in [0.05, 0.1) is 31.8 Å². The van der Waals surface area contributed by atoms with Gasteiger partial charge in [-0.3, -0.25) is 0 Å². The smallest absolute Gasteiger partial charge is 0.0932 e. The first-order valence-corrected chi connectivity index (χ1v) is 13.4. The van der Waals surface area contributed by atoms with Gasteiger partial charge >= 0.3 is 0 Å². The van der Waals surface area contributed by atoms with E-state index in [-0.39, 0.29) is 30.1 Å². The molecule has 2 saturated heterocycles. The number of fused-ring (bicyclic) bond motifs is 9. The summed E-state index contributed by atoms with van der Waals surface area (Å²) >= 11 is 0. The molecular formula is C28H46INO. The zero-order valence-electron chi connectivity index (χ0n) is 20.6. The Morgan fingerprint density at radius 2 is 1.77 bits per heavy atom. The molecule has 2 aliphatic heterocycles. The van der Waals surface area contributed by atoms with Gasteiger partial charge in [0.15, 0.2) is 0 Å². The van der Waals surface area contributed by atoms with Crippen molar-refractivity contribution in [2.24, 2.45) is 46.3 Å². The van der Waals surface area contributed by atoms with Crippen molar-refractivity contribution in [3.63, 3.8) is 0 Å². The normalized spacial score (nSPS) is 59.9. The van der Waals surface area contributed by atoms with Crippen LogP contribution in [0.1, 0.15) is 85.5 Å². The fourth-order valence-corrected chi connectivity index (χ4v) is 11.3. The van der Waals surface area contributed by atoms with E-state index in [1.165, 1.54) is 56.0 Å². The SMILES string of the molecule is C[C@H]1CC[C@@H]2[C@@H](C)[C@H]3[C@H](C[C@H]4[C@@H]5CC=C6C[C@@H](O)CC[C@]6(C)[C@H]5CC[C@]34C)[N@@+]2(C)C1.[I-]. The minimum Gasteiger partial charge on any atom is -1.00 e. The second-order valence-electron chi connectivity index (χ2n) is 13.7. The van der Waals surface area contributed by atoms with E-state index in [9.17, 15) is 5.11 Å². The first kappa shape index (κ1) is 23.1. The van der Waals surface area contributed by atoms with Crippen molar-refractivity contribution < 1.29 is 33.6 Å². The maximum absolute atomic E-state index is 10.3. The number of aliphatic hydroxyl groups is 1. The molecule has 31 heavy (non-hydrogen) atoms. The van der Waals surface area contributed by atoms with Crippen LogP contribution in [-0.4, -0.2) is 41.4 Å². The Kier molecular flexibility index (Phi) is 5.56. The van der Waals surface area contributed by atoms with Gasteiger partial charge in [0.2, 0.25) is 0 Å². The molecule has 3 heteroatoms. The molecule has 6 aliphatic rings. The number of halogens is 1. The number of piperidine rings is 1. The number of rotatable bonds is 0. The van der Waals surface area contributed by atoms with E-state index in [0.29, 0.717) is 10.8 Å². The maximum atomic E-state index is 10.3. The molecule has 0 radical (unpaired) electrons. The van der Waals surface area contributed by atoms with Gasteiger partial charge in [0, 0.05) is 30.6 Å². The van der Waals surface area contributed by atoms with Gasteiger partial charge in [-0.2, -0.15) is 0 Å². The maximum Gasteiger partial charge on any atom is 0.0932 e. The average molecular weight is 540 g/mol. The number of hydrogen-bond acceptors (Lipinski definition) is 1. The van der Waals surface area contributed by atoms with Crippen molar-refractivity contribution >= 4 is 0 Å². The molecule has 0 amide bonds. The third-order valence-corrected chi connectivity index (χ3v) is 12.5. The Balaban J connectivity index is 0.00000204. The monoisotopic (exact) mass is 539 g/mol. The lowest BCUT2D eigenvalue weighted by Crippen LogP contribution is -3.00. The molecule has 0 unspecified atom stereocenters. The molecule has 1 N–H and O–H groups in total. The summed E-state index contributed by atoms with van der Waals surface area (Å²) in [7, 11) is 2.67. The van der Waals surface area contributed by atoms with Crippen LogP contribution in [0.3, 0.4) is 0 Å². The largest absolute Gasteiger partial charge is 1.00 e. The fraction of sp³-hybridized carbons (Fsp3) is 0.929. The summed E-state index contributed by atoms with van der Waals surface area (Å²) in [6, 6.07) is 1.86. The summed E-state index contributed by atoms with van der Waals surface area (Å²) in [5.41, 5.74) is 2.58. The minimum atomic E-state index is -0.0797. The van der Waals surface area contributed by atoms with E-state index in [2.05, 4.69) is 40.8 Å². The first-order valence-electron chi connectivity index (χ1n) is 13.4. The van der Waals surface area contributed by atoms with E-state index in [1.807, 2.05) is 0 Å². The summed E-state index contributed by atoms with van der Waals surface area (Å²) in [4.78, 5) is 0. The van der Waals surface area contributed by atoms with Crippen LogP contribution in [0.2, 0.25) is 0 Å². The molecule has 5 fully saturated rings. The Hall–Kier alpha value is 0.390. The van der Waals surface area contributed by atoms with E-state index in [1.54, 1.807) is 5.57 Å². The van der Waals surface area contributed by atoms with E-state index in [0.717, 1.165) is 60.4 Å². The van der Waals surface area contributed by atoms with Gasteiger partial charge in [-0.25, -0.2) is 0 Å². The van der Waals surface area contributed by atoms with Crippen LogP contribution in [-0.2, 0) is 0 Å². The van der Waals surface area contributed by atoms with E-state index < -0.39 is 0 Å². The van der Waals surface area contributed by atoms with Crippen molar-refractivity contribution in [3.05, 3.63) is 11.6 Å². The lowest BCUT2D eigenvalue weighted by Gasteiger charge is -2.58. The Labute approximate surface area is 208 Å². The highest BCUT2D eigenvalue weighted by molar-refractivity contribution is 5.26. The second-order valence-corrected chi connectivity index (χ2v) is 13.7. The van der Waals surface area contributed by atoms with Crippen LogP contribution in [0.25, 0.3) is 0 Å². The van der Waals surface area contributed by atoms with Crippen molar-refractivity contribution in [2.45, 2.75) is 104 Å². The predicted molar refractivity (Wildman–Crippen MR) is 123 cm³/mol. The quantitative estimate of drug-likeness (QED) is 0.285. The van der Waals surface area contributed by atoms with Crippen molar-refractivity contribution in [1.82, 2.24) is 0 Å². The highest BCUT2D eigenvalue weighted by atomic mass is 127. The number of quaternary nitrogens is 1. The van der Waals surface area contributed by atoms with Crippen LogP contribution in [0, 0.1) is 46.3 Å². The van der Waals surface area contributed by atoms with Crippen LogP contribution in [0.5, 0.6) is 0 Å². The average Bonchev–Trinajstić information content (AvgIpc) is 3.12. The highest BCUT2D eigenvalue weighted by Gasteiger charge is 2.71. The van der Waals surface area contributed by atoms with Crippen LogP contribution < -0.4 is 24.0 Å². The number of allylic oxidation sites excluding steroid dienone is 1. The fourth-order valence-electron chi connectivity index (χ4n) is 11.3. The van der Waals surface area contributed by atoms with Gasteiger partial charge in [0.25, 0.3) is 0 Å². The molecule has 3 saturated carbocycles. The number of aliphatic hydroxyl groups excluding tert-OH is 1. The van der Waals surface area contributed by atoms with Crippen LogP contribution >= 0.6 is 0 Å². The van der Waals surface area contributed by atoms with Crippen LogP contribution in [0.4, 0.5) is 0 Å². The molecular weight excluding hydrogens is 493 g/mol. The Morgan fingerprint density at radius 1 is 1.00 bits per heavy atom. The summed E-state index contributed by atoms with van der Waals surface area (Å²) in [5.74, 6) is 5.48. The molecule has 0 aromatic heterocycles. The summed E-state index contributed by atoms with van der Waals surface area (Å²) in [6.45, 7) is 11.9. The van der Waals surface area contributed by atoms with Crippen molar-refractivity contribution in [3.8, 4) is 0 Å². The van der Waals surface area contributed by atoms with Gasteiger partial charge in [-0.05, 0) is 73.5 Å². The third kappa shape index (κ3) is 2.93. The molecule has 176 valence electrons. The lowest BCUT2D eigenvalue weighted by atomic mass is 9.47. The zero-order chi connectivity index (χ0) is 21.1. The molecule has 12 atom stereocenters. The van der Waals surface area contributed by atoms with E-state index >= 15 is 0 Å². The minimum absolute atomic E-state index is 0. The molecule has 0 aromatic carbocycles. The Morgan fingerprint density at radius 3 is 2.55 bits per heavy atom. The summed E-state index contributed by atoms with van der Waals surface area (Å²) in [5, 5.41) is 10.3. The zero-order valence-corrected chi connectivity index (χ0v) is 22.8. The molecule has 6 rings (SSSR count). The summed E-state index contributed by atoms with van der Waals surface area (Å²) in [6.07, 6.45) is 14.4. The van der Waals surface area contributed by atoms with Crippen molar-refractivity contribution in [1.29, 1.82) is 0 Å². The third-order valence-electron chi connectivity index (χ3n) is 12.5. The van der Waals surface area contributed by atoms with Gasteiger partial charge in [-0.15, -0.1) is 0 Å². The highest BCUT2D eigenvalue weighted by Crippen LogP contribution is 2.70. The predicted octanol–water partition coefficient (Wildman–Crippen LogP) is 2.80. The molecule has 2 heterocycles. The molecule has 0 aromatic rings. The number of hydrogen-bond donors (Lipinski definition) is 1. The van der Waals surface area contributed by atoms with Gasteiger partial charge in [0.1, 0.15) is 0 Å². The molecule has 4 aliphatic carbocycles. The van der Waals surface area contributed by atoms with Crippen molar-refractivity contribution in [2.75, 3.05) is 13.6 Å². The number of nitrogens with zero attached hydrogens (tertiary/aromatic N) is 1. The lowest BCUT2D eigenvalue weighted by molar-refractivity contribution is -0.953. The molecule has 0 bridgehead atoms. The second kappa shape index (κ2) is 7.44. The topological polar surface area (TPSA) is 20.2 Å². The molecule has 0 spiro atoms. The van der Waals surface area contributed by atoms with Gasteiger partial charge < -0.3 is 33.6 Å². The standard InChI is InChI=1S/C28H46NO.HI/c1-17-6-9-24-18(2)26-25(29(24,5)16-17)15-23-21-8-7-19-14-20(30)10-12-27(19,3)22(21)11-13-28(23,26)4;/h7,17-18,20-26,30H,6,8-16H2,1-5H3;1H/q+1;/p-1/t17-,18+,20-,21+,22-,23-,24+,25-,26-,27-,28-,29-;/m0./s1. The first-order chi connectivity index (χ1) is 14.2. The van der Waals surface area contributed by atoms with Gasteiger partial charge in [-0.1, -0.05) is 39.3 Å². The summed E-state index contributed by atoms with van der Waals surface area (Å²) < 4.78 is 1.42. The molecule has 2 nitrogen and oxygen atoms in total.